The largest absolute Gasteiger partial charge is 0.497 e. The quantitative estimate of drug-likeness (QED) is 0.243. The summed E-state index contributed by atoms with van der Waals surface area (Å²) >= 11 is 0. The van der Waals surface area contributed by atoms with Gasteiger partial charge in [-0.15, -0.1) is 0 Å². The van der Waals surface area contributed by atoms with Crippen molar-refractivity contribution >= 4 is 16.7 Å². The summed E-state index contributed by atoms with van der Waals surface area (Å²) in [6, 6.07) is 29.7. The highest BCUT2D eigenvalue weighted by Gasteiger charge is 2.32. The predicted molar refractivity (Wildman–Crippen MR) is 152 cm³/mol. The number of hydrogen-bond donors (Lipinski definition) is 1. The molecule has 0 heterocycles. The maximum absolute atomic E-state index is 12.7. The van der Waals surface area contributed by atoms with Crippen molar-refractivity contribution in [3.05, 3.63) is 102 Å². The number of hydrogen-bond acceptors (Lipinski definition) is 4. The molecule has 4 aromatic carbocycles. The Morgan fingerprint density at radius 2 is 1.62 bits per heavy atom. The maximum atomic E-state index is 12.7. The van der Waals surface area contributed by atoms with E-state index in [1.807, 2.05) is 52.0 Å². The van der Waals surface area contributed by atoms with E-state index in [0.717, 1.165) is 23.4 Å². The zero-order valence-corrected chi connectivity index (χ0v) is 22.7. The summed E-state index contributed by atoms with van der Waals surface area (Å²) in [7, 11) is 1.69. The first kappa shape index (κ1) is 26.4. The van der Waals surface area contributed by atoms with Crippen LogP contribution >= 0.6 is 0 Å². The monoisotopic (exact) mass is 495 g/mol. The van der Waals surface area contributed by atoms with Crippen LogP contribution in [0.3, 0.4) is 0 Å². The number of carbonyl (C=O) groups excluding carboxylic acids is 1. The fourth-order valence-corrected chi connectivity index (χ4v) is 4.56. The highest BCUT2D eigenvalue weighted by atomic mass is 16.5. The van der Waals surface area contributed by atoms with Crippen molar-refractivity contribution < 1.29 is 14.3 Å². The molecule has 1 unspecified atom stereocenters. The van der Waals surface area contributed by atoms with Crippen LogP contribution in [0.5, 0.6) is 5.75 Å². The summed E-state index contributed by atoms with van der Waals surface area (Å²) in [6.07, 6.45) is -0.139. The molecule has 0 aliphatic heterocycles. The molecule has 4 nitrogen and oxygen atoms in total. The lowest BCUT2D eigenvalue weighted by atomic mass is 9.83. The molecule has 192 valence electrons. The lowest BCUT2D eigenvalue weighted by Crippen LogP contribution is -2.32. The highest BCUT2D eigenvalue weighted by Crippen LogP contribution is 2.33. The number of methoxy groups -OCH3 is 1. The predicted octanol–water partition coefficient (Wildman–Crippen LogP) is 7.60. The topological polar surface area (TPSA) is 47.6 Å². The lowest BCUT2D eigenvalue weighted by Gasteiger charge is -2.25. The van der Waals surface area contributed by atoms with Gasteiger partial charge in [0.1, 0.15) is 5.75 Å². The Labute approximate surface area is 220 Å². The third-order valence-corrected chi connectivity index (χ3v) is 6.90. The molecule has 0 saturated carbocycles. The van der Waals surface area contributed by atoms with Gasteiger partial charge in [-0.05, 0) is 97.5 Å². The Morgan fingerprint density at radius 1 is 0.892 bits per heavy atom. The minimum absolute atomic E-state index is 0.139. The van der Waals surface area contributed by atoms with Gasteiger partial charge in [-0.1, -0.05) is 60.7 Å². The molecule has 37 heavy (non-hydrogen) atoms. The molecule has 0 aromatic heterocycles. The van der Waals surface area contributed by atoms with Gasteiger partial charge in [-0.25, -0.2) is 0 Å². The van der Waals surface area contributed by atoms with E-state index >= 15 is 0 Å². The van der Waals surface area contributed by atoms with Crippen molar-refractivity contribution in [3.8, 4) is 16.9 Å². The second kappa shape index (κ2) is 11.2. The number of ether oxygens (including phenoxy) is 2. The molecule has 0 amide bonds. The molecule has 1 atom stereocenters. The van der Waals surface area contributed by atoms with E-state index in [1.54, 1.807) is 7.11 Å². The average molecular weight is 496 g/mol. The number of esters is 1. The Bertz CT molecular complexity index is 1370. The van der Waals surface area contributed by atoms with Gasteiger partial charge in [0, 0.05) is 12.6 Å². The standard InChI is InChI=1S/C33H37NO3/c1-22(2)37-32(35)33(4,5)28-16-14-25(15-17-28)31-19-24(18-27-10-7-8-13-30(27)31)21-34-23(3)26-11-9-12-29(20-26)36-6/h7-20,22-23,34H,21H2,1-6H3. The van der Waals surface area contributed by atoms with Gasteiger partial charge >= 0.3 is 5.97 Å². The van der Waals surface area contributed by atoms with Crippen molar-refractivity contribution in [2.24, 2.45) is 0 Å². The fourth-order valence-electron chi connectivity index (χ4n) is 4.56. The smallest absolute Gasteiger partial charge is 0.316 e. The van der Waals surface area contributed by atoms with Gasteiger partial charge in [0.2, 0.25) is 0 Å². The Morgan fingerprint density at radius 3 is 2.32 bits per heavy atom. The molecule has 0 spiro atoms. The van der Waals surface area contributed by atoms with Gasteiger partial charge in [-0.2, -0.15) is 0 Å². The van der Waals surface area contributed by atoms with Crippen LogP contribution in [0.4, 0.5) is 0 Å². The van der Waals surface area contributed by atoms with Gasteiger partial charge in [0.15, 0.2) is 0 Å². The Kier molecular flexibility index (Phi) is 7.99. The summed E-state index contributed by atoms with van der Waals surface area (Å²) in [6.45, 7) is 10.5. The second-order valence-electron chi connectivity index (χ2n) is 10.4. The van der Waals surface area contributed by atoms with Crippen LogP contribution in [0.1, 0.15) is 57.4 Å². The third kappa shape index (κ3) is 6.03. The van der Waals surface area contributed by atoms with Gasteiger partial charge in [0.05, 0.1) is 18.6 Å². The molecule has 0 bridgehead atoms. The average Bonchev–Trinajstić information content (AvgIpc) is 2.91. The van der Waals surface area contributed by atoms with Crippen molar-refractivity contribution in [2.75, 3.05) is 7.11 Å². The summed E-state index contributed by atoms with van der Waals surface area (Å²) in [5.41, 5.74) is 4.93. The van der Waals surface area contributed by atoms with Crippen LogP contribution < -0.4 is 10.1 Å². The fraction of sp³-hybridized carbons (Fsp3) is 0.303. The zero-order chi connectivity index (χ0) is 26.6. The minimum Gasteiger partial charge on any atom is -0.497 e. The van der Waals surface area contributed by atoms with E-state index in [-0.39, 0.29) is 18.1 Å². The molecule has 4 heteroatoms. The number of benzene rings is 4. The summed E-state index contributed by atoms with van der Waals surface area (Å²) in [5.74, 6) is 0.655. The molecular formula is C33H37NO3. The number of fused-ring (bicyclic) bond motifs is 1. The van der Waals surface area contributed by atoms with Crippen LogP contribution in [-0.4, -0.2) is 19.2 Å². The minimum atomic E-state index is -0.715. The van der Waals surface area contributed by atoms with Crippen LogP contribution in [0.25, 0.3) is 21.9 Å². The van der Waals surface area contributed by atoms with E-state index < -0.39 is 5.41 Å². The molecule has 0 aliphatic carbocycles. The van der Waals surface area contributed by atoms with Crippen molar-refractivity contribution in [2.45, 2.75) is 58.7 Å². The normalized spacial score (nSPS) is 12.5. The SMILES string of the molecule is COc1cccc(C(C)NCc2cc(-c3ccc(C(C)(C)C(=O)OC(C)C)cc3)c3ccccc3c2)c1. The highest BCUT2D eigenvalue weighted by molar-refractivity contribution is 5.97. The van der Waals surface area contributed by atoms with Crippen molar-refractivity contribution in [1.82, 2.24) is 5.32 Å². The summed E-state index contributed by atoms with van der Waals surface area (Å²) < 4.78 is 10.9. The Balaban J connectivity index is 1.61. The molecule has 1 N–H and O–H groups in total. The van der Waals surface area contributed by atoms with Crippen molar-refractivity contribution in [1.29, 1.82) is 0 Å². The lowest BCUT2D eigenvalue weighted by molar-refractivity contribution is -0.153. The van der Waals surface area contributed by atoms with Crippen molar-refractivity contribution in [3.63, 3.8) is 0 Å². The molecule has 0 fully saturated rings. The van der Waals surface area contributed by atoms with Crippen LogP contribution in [0.15, 0.2) is 84.9 Å². The van der Waals surface area contributed by atoms with Gasteiger partial charge < -0.3 is 14.8 Å². The molecule has 0 radical (unpaired) electrons. The van der Waals surface area contributed by atoms with Crippen LogP contribution in [-0.2, 0) is 21.5 Å². The zero-order valence-electron chi connectivity index (χ0n) is 22.7. The van der Waals surface area contributed by atoms with Crippen LogP contribution in [0.2, 0.25) is 0 Å². The van der Waals surface area contributed by atoms with E-state index in [4.69, 9.17) is 9.47 Å². The van der Waals surface area contributed by atoms with E-state index in [1.165, 1.54) is 27.5 Å². The first-order valence-electron chi connectivity index (χ1n) is 12.9. The third-order valence-electron chi connectivity index (χ3n) is 6.90. The number of carbonyl (C=O) groups is 1. The molecule has 4 rings (SSSR count). The van der Waals surface area contributed by atoms with Gasteiger partial charge in [0.25, 0.3) is 0 Å². The van der Waals surface area contributed by atoms with E-state index in [0.29, 0.717) is 0 Å². The first-order valence-corrected chi connectivity index (χ1v) is 12.9. The molecule has 4 aromatic rings. The van der Waals surface area contributed by atoms with E-state index in [9.17, 15) is 4.79 Å². The molecule has 0 aliphatic rings. The second-order valence-corrected chi connectivity index (χ2v) is 10.4. The first-order chi connectivity index (χ1) is 17.7. The summed E-state index contributed by atoms with van der Waals surface area (Å²) in [5, 5.41) is 6.07. The van der Waals surface area contributed by atoms with E-state index in [2.05, 4.69) is 72.9 Å². The van der Waals surface area contributed by atoms with Crippen LogP contribution in [0, 0.1) is 0 Å². The number of rotatable bonds is 9. The molecular weight excluding hydrogens is 458 g/mol. The molecule has 0 saturated heterocycles. The Hall–Kier alpha value is -3.63. The summed E-state index contributed by atoms with van der Waals surface area (Å²) in [4.78, 5) is 12.7. The van der Waals surface area contributed by atoms with Gasteiger partial charge in [-0.3, -0.25) is 4.79 Å². The maximum Gasteiger partial charge on any atom is 0.316 e. The number of nitrogens with one attached hydrogen (secondary N) is 1.